The Morgan fingerprint density at radius 3 is 2.44 bits per heavy atom. The third kappa shape index (κ3) is 4.69. The Kier molecular flexibility index (Phi) is 6.09. The number of aromatic nitrogens is 2. The molecule has 0 spiro atoms. The number of furan rings is 1. The average Bonchev–Trinajstić information content (AvgIpc) is 3.58. The number of benzene rings is 2. The second kappa shape index (κ2) is 9.63. The summed E-state index contributed by atoms with van der Waals surface area (Å²) in [5.41, 5.74) is 2.91. The summed E-state index contributed by atoms with van der Waals surface area (Å²) >= 11 is 0. The van der Waals surface area contributed by atoms with E-state index in [1.807, 2.05) is 30.3 Å². The topological polar surface area (TPSA) is 102 Å². The lowest BCUT2D eigenvalue weighted by atomic mass is 10.1. The summed E-state index contributed by atoms with van der Waals surface area (Å²) in [5.74, 6) is 0.0219. The largest absolute Gasteiger partial charge is 0.459 e. The Morgan fingerprint density at radius 1 is 0.853 bits per heavy atom. The molecule has 2 aromatic heterocycles. The molecule has 0 atom stereocenters. The van der Waals surface area contributed by atoms with E-state index in [4.69, 9.17) is 9.15 Å². The number of hydrogen-bond donors (Lipinski definition) is 2. The smallest absolute Gasteiger partial charge is 0.292 e. The Labute approximate surface area is 195 Å². The molecule has 0 saturated carbocycles. The summed E-state index contributed by atoms with van der Waals surface area (Å²) in [6.07, 6.45) is 3.00. The van der Waals surface area contributed by atoms with Crippen molar-refractivity contribution >= 4 is 29.0 Å². The second-order valence-corrected chi connectivity index (χ2v) is 7.71. The molecular formula is C25H23N5O4. The third-order valence-electron chi connectivity index (χ3n) is 5.48. The van der Waals surface area contributed by atoms with Gasteiger partial charge in [-0.1, -0.05) is 6.07 Å². The van der Waals surface area contributed by atoms with E-state index in [0.29, 0.717) is 22.8 Å². The van der Waals surface area contributed by atoms with Crippen molar-refractivity contribution in [3.63, 3.8) is 0 Å². The summed E-state index contributed by atoms with van der Waals surface area (Å²) < 4.78 is 12.1. The average molecular weight is 457 g/mol. The Balaban J connectivity index is 1.28. The Hall–Kier alpha value is -4.37. The third-order valence-corrected chi connectivity index (χ3v) is 5.48. The summed E-state index contributed by atoms with van der Waals surface area (Å²) in [4.78, 5) is 27.5. The highest BCUT2D eigenvalue weighted by Gasteiger charge is 2.15. The van der Waals surface area contributed by atoms with Crippen LogP contribution in [0.1, 0.15) is 20.9 Å². The molecule has 4 aromatic rings. The number of carbonyl (C=O) groups excluding carboxylic acids is 2. The van der Waals surface area contributed by atoms with Crippen LogP contribution in [0.25, 0.3) is 5.69 Å². The quantitative estimate of drug-likeness (QED) is 0.457. The molecule has 2 aromatic carbocycles. The van der Waals surface area contributed by atoms with Gasteiger partial charge < -0.3 is 24.7 Å². The predicted molar refractivity (Wildman–Crippen MR) is 128 cm³/mol. The number of rotatable bonds is 6. The van der Waals surface area contributed by atoms with E-state index in [0.717, 1.165) is 32.0 Å². The molecular weight excluding hydrogens is 434 g/mol. The van der Waals surface area contributed by atoms with E-state index in [1.54, 1.807) is 47.3 Å². The van der Waals surface area contributed by atoms with Crippen molar-refractivity contribution in [3.05, 3.63) is 90.5 Å². The minimum atomic E-state index is -0.388. The fraction of sp³-hybridized carbons (Fsp3) is 0.160. The molecule has 1 saturated heterocycles. The predicted octanol–water partition coefficient (Wildman–Crippen LogP) is 3.81. The zero-order valence-electron chi connectivity index (χ0n) is 18.3. The van der Waals surface area contributed by atoms with Crippen LogP contribution in [-0.4, -0.2) is 47.9 Å². The van der Waals surface area contributed by atoms with Crippen LogP contribution in [0, 0.1) is 0 Å². The van der Waals surface area contributed by atoms with Gasteiger partial charge in [-0.05, 0) is 54.6 Å². The first-order valence-electron chi connectivity index (χ1n) is 10.9. The van der Waals surface area contributed by atoms with Gasteiger partial charge in [0.2, 0.25) is 0 Å². The Morgan fingerprint density at radius 2 is 1.68 bits per heavy atom. The SMILES string of the molecule is O=C(Nc1ccc(N2CCOCC2)cc1)c1cccc(-n2nccc2NC(=O)c2ccco2)c1. The van der Waals surface area contributed by atoms with E-state index in [2.05, 4.69) is 20.6 Å². The zero-order valence-corrected chi connectivity index (χ0v) is 18.3. The molecule has 1 fully saturated rings. The van der Waals surface area contributed by atoms with Crippen molar-refractivity contribution < 1.29 is 18.7 Å². The molecule has 0 aliphatic carbocycles. The van der Waals surface area contributed by atoms with Crippen LogP contribution in [0.2, 0.25) is 0 Å². The number of amides is 2. The molecule has 172 valence electrons. The highest BCUT2D eigenvalue weighted by molar-refractivity contribution is 6.05. The zero-order chi connectivity index (χ0) is 23.3. The lowest BCUT2D eigenvalue weighted by Gasteiger charge is -2.28. The number of morpholine rings is 1. The van der Waals surface area contributed by atoms with Crippen LogP contribution < -0.4 is 15.5 Å². The van der Waals surface area contributed by atoms with E-state index < -0.39 is 0 Å². The van der Waals surface area contributed by atoms with Gasteiger partial charge in [0.1, 0.15) is 5.82 Å². The maximum Gasteiger partial charge on any atom is 0.292 e. The molecule has 9 heteroatoms. The molecule has 2 amide bonds. The van der Waals surface area contributed by atoms with Gasteiger partial charge in [0.25, 0.3) is 11.8 Å². The van der Waals surface area contributed by atoms with Crippen molar-refractivity contribution in [2.24, 2.45) is 0 Å². The fourth-order valence-corrected chi connectivity index (χ4v) is 3.75. The van der Waals surface area contributed by atoms with Crippen LogP contribution >= 0.6 is 0 Å². The van der Waals surface area contributed by atoms with E-state index in [9.17, 15) is 9.59 Å². The minimum Gasteiger partial charge on any atom is -0.459 e. The highest BCUT2D eigenvalue weighted by Crippen LogP contribution is 2.21. The molecule has 5 rings (SSSR count). The maximum atomic E-state index is 12.9. The number of ether oxygens (including phenoxy) is 1. The number of carbonyl (C=O) groups is 2. The van der Waals surface area contributed by atoms with Gasteiger partial charge in [0.15, 0.2) is 5.76 Å². The standard InChI is InChI=1S/C25H23N5O4/c31-24(27-19-6-8-20(9-7-19)29-12-15-33-16-13-29)18-3-1-4-21(17-18)30-23(10-11-26-30)28-25(32)22-5-2-14-34-22/h1-11,14,17H,12-13,15-16H2,(H,27,31)(H,28,32). The van der Waals surface area contributed by atoms with E-state index in [1.165, 1.54) is 6.26 Å². The van der Waals surface area contributed by atoms with Gasteiger partial charge in [0, 0.05) is 36.1 Å². The normalized spacial score (nSPS) is 13.5. The Bertz CT molecular complexity index is 1270. The fourth-order valence-electron chi connectivity index (χ4n) is 3.75. The number of nitrogens with zero attached hydrogens (tertiary/aromatic N) is 3. The van der Waals surface area contributed by atoms with Gasteiger partial charge >= 0.3 is 0 Å². The second-order valence-electron chi connectivity index (χ2n) is 7.71. The summed E-state index contributed by atoms with van der Waals surface area (Å²) in [6, 6.07) is 19.7. The molecule has 1 aliphatic heterocycles. The molecule has 34 heavy (non-hydrogen) atoms. The van der Waals surface area contributed by atoms with Crippen molar-refractivity contribution in [2.75, 3.05) is 41.8 Å². The van der Waals surface area contributed by atoms with Gasteiger partial charge in [-0.25, -0.2) is 4.68 Å². The van der Waals surface area contributed by atoms with Gasteiger partial charge in [-0.3, -0.25) is 9.59 Å². The van der Waals surface area contributed by atoms with Gasteiger partial charge in [0.05, 0.1) is 31.4 Å². The van der Waals surface area contributed by atoms with Crippen LogP contribution in [0.3, 0.4) is 0 Å². The molecule has 0 unspecified atom stereocenters. The lowest BCUT2D eigenvalue weighted by Crippen LogP contribution is -2.36. The molecule has 3 heterocycles. The van der Waals surface area contributed by atoms with Crippen molar-refractivity contribution in [2.45, 2.75) is 0 Å². The van der Waals surface area contributed by atoms with E-state index >= 15 is 0 Å². The van der Waals surface area contributed by atoms with Gasteiger partial charge in [-0.15, -0.1) is 0 Å². The van der Waals surface area contributed by atoms with Crippen LogP contribution in [-0.2, 0) is 4.74 Å². The monoisotopic (exact) mass is 457 g/mol. The number of anilines is 3. The summed E-state index contributed by atoms with van der Waals surface area (Å²) in [7, 11) is 0. The van der Waals surface area contributed by atoms with Crippen molar-refractivity contribution in [1.29, 1.82) is 0 Å². The molecule has 9 nitrogen and oxygen atoms in total. The van der Waals surface area contributed by atoms with Crippen molar-refractivity contribution in [3.8, 4) is 5.69 Å². The van der Waals surface area contributed by atoms with E-state index in [-0.39, 0.29) is 17.6 Å². The van der Waals surface area contributed by atoms with Crippen LogP contribution in [0.4, 0.5) is 17.2 Å². The first-order chi connectivity index (χ1) is 16.7. The minimum absolute atomic E-state index is 0.195. The van der Waals surface area contributed by atoms with Crippen LogP contribution in [0.5, 0.6) is 0 Å². The van der Waals surface area contributed by atoms with Crippen molar-refractivity contribution in [1.82, 2.24) is 9.78 Å². The first kappa shape index (κ1) is 21.5. The first-order valence-corrected chi connectivity index (χ1v) is 10.9. The maximum absolute atomic E-state index is 12.9. The summed E-state index contributed by atoms with van der Waals surface area (Å²) in [5, 5.41) is 9.99. The molecule has 1 aliphatic rings. The molecule has 2 N–H and O–H groups in total. The number of nitrogens with one attached hydrogen (secondary N) is 2. The molecule has 0 radical (unpaired) electrons. The molecule has 0 bridgehead atoms. The number of hydrogen-bond acceptors (Lipinski definition) is 6. The lowest BCUT2D eigenvalue weighted by molar-refractivity contribution is 0.0993. The highest BCUT2D eigenvalue weighted by atomic mass is 16.5. The van der Waals surface area contributed by atoms with Gasteiger partial charge in [-0.2, -0.15) is 5.10 Å². The summed E-state index contributed by atoms with van der Waals surface area (Å²) in [6.45, 7) is 3.16. The van der Waals surface area contributed by atoms with Crippen LogP contribution in [0.15, 0.2) is 83.6 Å².